The van der Waals surface area contributed by atoms with Gasteiger partial charge in [0.15, 0.2) is 0 Å². The van der Waals surface area contributed by atoms with Gasteiger partial charge in [0.05, 0.1) is 11.0 Å². The van der Waals surface area contributed by atoms with E-state index in [1.54, 1.807) is 0 Å². The average molecular weight is 897 g/mol. The summed E-state index contributed by atoms with van der Waals surface area (Å²) in [5.74, 6) is 0. The van der Waals surface area contributed by atoms with Gasteiger partial charge in [-0.1, -0.05) is 182 Å². The van der Waals surface area contributed by atoms with Gasteiger partial charge in [-0.15, -0.1) is 11.3 Å². The fourth-order valence-corrected chi connectivity index (χ4v) is 11.2. The molecule has 0 atom stereocenters. The maximum Gasteiger partial charge on any atom is 0.0541 e. The highest BCUT2D eigenvalue weighted by Crippen LogP contribution is 2.41. The van der Waals surface area contributed by atoms with Gasteiger partial charge in [0.25, 0.3) is 0 Å². The van der Waals surface area contributed by atoms with Crippen molar-refractivity contribution in [1.82, 2.24) is 4.57 Å². The van der Waals surface area contributed by atoms with Crippen molar-refractivity contribution in [1.29, 1.82) is 0 Å². The molecule has 0 N–H and O–H groups in total. The maximum atomic E-state index is 2.37. The molecule has 0 aliphatic carbocycles. The van der Waals surface area contributed by atoms with Crippen LogP contribution < -0.4 is 4.90 Å². The number of fused-ring (bicyclic) bond motifs is 6. The van der Waals surface area contributed by atoms with Crippen LogP contribution in [0.5, 0.6) is 0 Å². The van der Waals surface area contributed by atoms with E-state index in [2.05, 4.69) is 276 Å². The van der Waals surface area contributed by atoms with Gasteiger partial charge < -0.3 is 9.47 Å². The lowest BCUT2D eigenvalue weighted by Crippen LogP contribution is -2.09. The van der Waals surface area contributed by atoms with Crippen LogP contribution in [0.1, 0.15) is 0 Å². The first-order valence-corrected chi connectivity index (χ1v) is 24.4. The Morgan fingerprint density at radius 3 is 1.16 bits per heavy atom. The highest BCUT2D eigenvalue weighted by Gasteiger charge is 2.16. The largest absolute Gasteiger partial charge is 0.311 e. The molecule has 0 radical (unpaired) electrons. The van der Waals surface area contributed by atoms with Gasteiger partial charge in [-0.2, -0.15) is 0 Å². The molecule has 0 saturated heterocycles. The third-order valence-corrected chi connectivity index (χ3v) is 14.8. The van der Waals surface area contributed by atoms with Crippen molar-refractivity contribution in [2.45, 2.75) is 0 Å². The van der Waals surface area contributed by atoms with E-state index in [1.807, 2.05) is 11.3 Å². The molecule has 0 saturated carbocycles. The van der Waals surface area contributed by atoms with E-state index in [9.17, 15) is 0 Å². The molecule has 11 aromatic carbocycles. The molecular weight excluding hydrogens is 853 g/mol. The van der Waals surface area contributed by atoms with E-state index in [-0.39, 0.29) is 0 Å². The van der Waals surface area contributed by atoms with Crippen LogP contribution in [0.25, 0.3) is 103 Å². The van der Waals surface area contributed by atoms with E-state index in [4.69, 9.17) is 0 Å². The van der Waals surface area contributed by atoms with Crippen LogP contribution in [-0.4, -0.2) is 4.57 Å². The number of benzene rings is 11. The van der Waals surface area contributed by atoms with Gasteiger partial charge in [0, 0.05) is 53.7 Å². The minimum absolute atomic E-state index is 1.10. The summed E-state index contributed by atoms with van der Waals surface area (Å²) >= 11 is 1.86. The molecule has 0 unspecified atom stereocenters. The molecule has 0 amide bonds. The van der Waals surface area contributed by atoms with Crippen molar-refractivity contribution in [2.24, 2.45) is 0 Å². The average Bonchev–Trinajstić information content (AvgIpc) is 3.97. The van der Waals surface area contributed by atoms with Crippen LogP contribution in [-0.2, 0) is 0 Å². The van der Waals surface area contributed by atoms with E-state index in [0.29, 0.717) is 0 Å². The highest BCUT2D eigenvalue weighted by molar-refractivity contribution is 7.25. The molecule has 0 fully saturated rings. The molecule has 2 aromatic heterocycles. The summed E-state index contributed by atoms with van der Waals surface area (Å²) in [5, 5.41) is 5.17. The Bertz CT molecular complexity index is 3940. The van der Waals surface area contributed by atoms with Gasteiger partial charge in [0.2, 0.25) is 0 Å². The smallest absolute Gasteiger partial charge is 0.0541 e. The number of aromatic nitrogens is 1. The lowest BCUT2D eigenvalue weighted by molar-refractivity contribution is 1.18. The quantitative estimate of drug-likeness (QED) is 0.140. The Morgan fingerprint density at radius 2 is 0.609 bits per heavy atom. The molecule has 0 aliphatic heterocycles. The van der Waals surface area contributed by atoms with Crippen LogP contribution >= 0.6 is 11.3 Å². The molecular formula is C66H44N2S. The molecule has 0 bridgehead atoms. The minimum atomic E-state index is 1.10. The zero-order valence-corrected chi connectivity index (χ0v) is 38.5. The predicted molar refractivity (Wildman–Crippen MR) is 296 cm³/mol. The zero-order valence-electron chi connectivity index (χ0n) is 37.7. The Labute approximate surface area is 405 Å². The molecule has 0 spiro atoms. The number of thiophene rings is 1. The van der Waals surface area contributed by atoms with E-state index in [0.717, 1.165) is 17.1 Å². The summed E-state index contributed by atoms with van der Waals surface area (Å²) in [5.41, 5.74) is 18.9. The number of hydrogen-bond donors (Lipinski definition) is 0. The van der Waals surface area contributed by atoms with Crippen molar-refractivity contribution in [3.8, 4) is 61.3 Å². The third-order valence-electron chi connectivity index (χ3n) is 13.7. The van der Waals surface area contributed by atoms with Gasteiger partial charge >= 0.3 is 0 Å². The first kappa shape index (κ1) is 40.5. The lowest BCUT2D eigenvalue weighted by atomic mass is 9.98. The predicted octanol–water partition coefficient (Wildman–Crippen LogP) is 19.0. The SMILES string of the molecule is c1ccc(-c2ccc(N(c3ccc(-c4ccc(-c5ccc6sc7ccccc7c6c5)cc4)cc3)c3ccc(-c4ccc(-c5ccc6c(c5)c5ccccc5n6-c5ccccc5)cc4)cc3)cc2)cc1. The fourth-order valence-electron chi connectivity index (χ4n) is 10.1. The Hall–Kier alpha value is -8.76. The first-order chi connectivity index (χ1) is 34.2. The Kier molecular flexibility index (Phi) is 10.1. The second-order valence-corrected chi connectivity index (χ2v) is 18.8. The number of anilines is 3. The van der Waals surface area contributed by atoms with Gasteiger partial charge in [0.1, 0.15) is 0 Å². The number of rotatable bonds is 9. The summed E-state index contributed by atoms with van der Waals surface area (Å²) < 4.78 is 5.03. The number of nitrogens with zero attached hydrogens (tertiary/aromatic N) is 2. The molecule has 13 rings (SSSR count). The maximum absolute atomic E-state index is 2.37. The topological polar surface area (TPSA) is 8.17 Å². The van der Waals surface area contributed by atoms with Gasteiger partial charge in [-0.3, -0.25) is 0 Å². The van der Waals surface area contributed by atoms with Crippen LogP contribution in [0.15, 0.2) is 267 Å². The second-order valence-electron chi connectivity index (χ2n) is 17.7. The Morgan fingerprint density at radius 1 is 0.246 bits per heavy atom. The summed E-state index contributed by atoms with van der Waals surface area (Å²) in [6, 6.07) is 97.2. The van der Waals surface area contributed by atoms with Crippen molar-refractivity contribution in [3.63, 3.8) is 0 Å². The van der Waals surface area contributed by atoms with Crippen LogP contribution in [0, 0.1) is 0 Å². The molecule has 2 nitrogen and oxygen atoms in total. The fraction of sp³-hybridized carbons (Fsp3) is 0. The Balaban J connectivity index is 0.788. The molecule has 3 heteroatoms. The molecule has 2 heterocycles. The second kappa shape index (κ2) is 17.2. The normalized spacial score (nSPS) is 11.5. The number of hydrogen-bond acceptors (Lipinski definition) is 2. The van der Waals surface area contributed by atoms with E-state index < -0.39 is 0 Å². The van der Waals surface area contributed by atoms with Gasteiger partial charge in [-0.05, 0) is 141 Å². The van der Waals surface area contributed by atoms with E-state index >= 15 is 0 Å². The zero-order chi connectivity index (χ0) is 45.7. The molecule has 324 valence electrons. The van der Waals surface area contributed by atoms with E-state index in [1.165, 1.54) is 103 Å². The van der Waals surface area contributed by atoms with Crippen molar-refractivity contribution in [2.75, 3.05) is 4.90 Å². The molecule has 69 heavy (non-hydrogen) atoms. The lowest BCUT2D eigenvalue weighted by Gasteiger charge is -2.26. The third kappa shape index (κ3) is 7.47. The van der Waals surface area contributed by atoms with Crippen LogP contribution in [0.4, 0.5) is 17.1 Å². The van der Waals surface area contributed by atoms with Crippen molar-refractivity contribution < 1.29 is 0 Å². The van der Waals surface area contributed by atoms with Crippen LogP contribution in [0.3, 0.4) is 0 Å². The standard InChI is InChI=1S/C66H44N2S/c1-3-11-45(12-4-1)48-27-35-56(36-28-48)67(58-39-31-50(32-40-58)47-21-25-52(26-22-47)54-34-42-66-62(44-54)60-16-8-10-18-65(60)69-66)57-37-29-49(30-38-57)46-19-23-51(24-20-46)53-33-41-64-61(43-53)59-15-7-9-17-63(59)68(64)55-13-5-2-6-14-55/h1-44H. The molecule has 13 aromatic rings. The summed E-state index contributed by atoms with van der Waals surface area (Å²) in [4.78, 5) is 2.35. The monoisotopic (exact) mass is 896 g/mol. The summed E-state index contributed by atoms with van der Waals surface area (Å²) in [7, 11) is 0. The number of para-hydroxylation sites is 2. The minimum Gasteiger partial charge on any atom is -0.311 e. The highest BCUT2D eigenvalue weighted by atomic mass is 32.1. The van der Waals surface area contributed by atoms with Crippen LogP contribution in [0.2, 0.25) is 0 Å². The first-order valence-electron chi connectivity index (χ1n) is 23.6. The summed E-state index contributed by atoms with van der Waals surface area (Å²) in [6.45, 7) is 0. The van der Waals surface area contributed by atoms with Crippen molar-refractivity contribution in [3.05, 3.63) is 267 Å². The van der Waals surface area contributed by atoms with Gasteiger partial charge in [-0.25, -0.2) is 0 Å². The summed E-state index contributed by atoms with van der Waals surface area (Å²) in [6.07, 6.45) is 0. The molecule has 0 aliphatic rings. The van der Waals surface area contributed by atoms with Crippen molar-refractivity contribution >= 4 is 70.4 Å².